The van der Waals surface area contributed by atoms with Crippen LogP contribution < -0.4 is 5.32 Å². The van der Waals surface area contributed by atoms with Gasteiger partial charge in [-0.2, -0.15) is 0 Å². The maximum Gasteiger partial charge on any atom is 0.340 e. The number of aliphatic hydroxyl groups is 1. The Kier molecular flexibility index (Phi) is 6.79. The van der Waals surface area contributed by atoms with E-state index in [2.05, 4.69) is 37.2 Å². The molecule has 0 fully saturated rings. The molecule has 0 aliphatic carbocycles. The van der Waals surface area contributed by atoms with Crippen LogP contribution in [0.1, 0.15) is 10.4 Å². The van der Waals surface area contributed by atoms with Crippen LogP contribution in [0.3, 0.4) is 0 Å². The maximum atomic E-state index is 12.6. The molecule has 0 aromatic heterocycles. The Morgan fingerprint density at radius 3 is 2.46 bits per heavy atom. The number of amides is 1. The average Bonchev–Trinajstić information content (AvgIpc) is 2.92. The average molecular weight is 492 g/mol. The molecular formula is C16H16Br2N2O6. The van der Waals surface area contributed by atoms with Crippen molar-refractivity contribution in [1.29, 1.82) is 0 Å². The first-order valence-electron chi connectivity index (χ1n) is 7.40. The molecule has 140 valence electrons. The molecule has 0 spiro atoms. The van der Waals surface area contributed by atoms with E-state index < -0.39 is 17.8 Å². The Balaban J connectivity index is 2.52. The van der Waals surface area contributed by atoms with Crippen LogP contribution in [0.4, 0.5) is 5.69 Å². The highest BCUT2D eigenvalue weighted by Gasteiger charge is 2.35. The van der Waals surface area contributed by atoms with E-state index >= 15 is 0 Å². The molecule has 0 bridgehead atoms. The number of anilines is 1. The van der Waals surface area contributed by atoms with Crippen molar-refractivity contribution in [3.63, 3.8) is 0 Å². The molecule has 1 heterocycles. The third-order valence-electron chi connectivity index (χ3n) is 3.66. The molecule has 2 rings (SSSR count). The molecule has 10 heteroatoms. The quantitative estimate of drug-likeness (QED) is 0.583. The first kappa shape index (κ1) is 20.4. The van der Waals surface area contributed by atoms with Crippen molar-refractivity contribution in [2.45, 2.75) is 0 Å². The monoisotopic (exact) mass is 490 g/mol. The summed E-state index contributed by atoms with van der Waals surface area (Å²) in [6, 6.07) is 3.21. The van der Waals surface area contributed by atoms with E-state index in [0.717, 1.165) is 0 Å². The molecule has 26 heavy (non-hydrogen) atoms. The van der Waals surface area contributed by atoms with Gasteiger partial charge in [-0.3, -0.25) is 4.79 Å². The van der Waals surface area contributed by atoms with Gasteiger partial charge in [0.05, 0.1) is 44.2 Å². The highest BCUT2D eigenvalue weighted by molar-refractivity contribution is 9.11. The molecule has 0 saturated carbocycles. The van der Waals surface area contributed by atoms with Crippen molar-refractivity contribution in [3.05, 3.63) is 37.9 Å². The number of β-amino-alcohol motifs (C(OH)–C–C–N with tert-alkyl or cyclic N) is 1. The van der Waals surface area contributed by atoms with Crippen LogP contribution in [0.15, 0.2) is 32.3 Å². The summed E-state index contributed by atoms with van der Waals surface area (Å²) in [5, 5.41) is 12.0. The number of ether oxygens (including phenoxy) is 2. The first-order valence-corrected chi connectivity index (χ1v) is 8.98. The third kappa shape index (κ3) is 4.08. The lowest BCUT2D eigenvalue weighted by Gasteiger charge is -2.16. The Hall–Kier alpha value is -1.91. The molecule has 0 saturated heterocycles. The molecule has 1 aromatic rings. The van der Waals surface area contributed by atoms with E-state index in [1.807, 2.05) is 0 Å². The second-order valence-corrected chi connectivity index (χ2v) is 6.99. The summed E-state index contributed by atoms with van der Waals surface area (Å²) >= 11 is 6.63. The molecule has 8 nitrogen and oxygen atoms in total. The van der Waals surface area contributed by atoms with E-state index in [-0.39, 0.29) is 42.2 Å². The van der Waals surface area contributed by atoms with Gasteiger partial charge >= 0.3 is 11.9 Å². The van der Waals surface area contributed by atoms with Crippen molar-refractivity contribution >= 4 is 55.4 Å². The van der Waals surface area contributed by atoms with E-state index in [1.165, 1.54) is 25.2 Å². The van der Waals surface area contributed by atoms with Crippen LogP contribution in [-0.2, 0) is 19.1 Å². The zero-order valence-electron chi connectivity index (χ0n) is 14.0. The summed E-state index contributed by atoms with van der Waals surface area (Å²) in [5.74, 6) is -1.77. The van der Waals surface area contributed by atoms with E-state index in [9.17, 15) is 14.4 Å². The van der Waals surface area contributed by atoms with Crippen LogP contribution >= 0.6 is 31.9 Å². The van der Waals surface area contributed by atoms with Crippen LogP contribution in [0.25, 0.3) is 0 Å². The van der Waals surface area contributed by atoms with E-state index in [1.54, 1.807) is 6.07 Å². The standard InChI is InChI=1S/C16H16Br2N2O6/c1-25-15(23)9-5-8(17)6-11(18)12(9)19-13-10(16(24)26-2)7-20(3-4-21)14(13)22/h5-6,19,21H,3-4,7H2,1-2H3. The fourth-order valence-corrected chi connectivity index (χ4v) is 3.77. The number of nitrogens with one attached hydrogen (secondary N) is 1. The molecule has 0 unspecified atom stereocenters. The summed E-state index contributed by atoms with van der Waals surface area (Å²) in [5.41, 5.74) is 0.532. The second kappa shape index (κ2) is 8.65. The second-order valence-electron chi connectivity index (χ2n) is 5.22. The van der Waals surface area contributed by atoms with Crippen molar-refractivity contribution in [3.8, 4) is 0 Å². The fraction of sp³-hybridized carbons (Fsp3) is 0.312. The summed E-state index contributed by atoms with van der Waals surface area (Å²) in [7, 11) is 2.45. The minimum absolute atomic E-state index is 0.00386. The van der Waals surface area contributed by atoms with Gasteiger partial charge in [0.25, 0.3) is 5.91 Å². The number of nitrogens with zero attached hydrogens (tertiary/aromatic N) is 1. The summed E-state index contributed by atoms with van der Waals surface area (Å²) in [6.45, 7) is -0.186. The number of hydrogen-bond donors (Lipinski definition) is 2. The van der Waals surface area contributed by atoms with E-state index in [0.29, 0.717) is 8.95 Å². The summed E-state index contributed by atoms with van der Waals surface area (Å²) in [6.07, 6.45) is 0. The molecule has 1 amide bonds. The normalized spacial score (nSPS) is 13.9. The van der Waals surface area contributed by atoms with Crippen LogP contribution in [-0.4, -0.2) is 61.8 Å². The van der Waals surface area contributed by atoms with Crippen molar-refractivity contribution < 1.29 is 29.0 Å². The molecule has 0 radical (unpaired) electrons. The van der Waals surface area contributed by atoms with Crippen molar-refractivity contribution in [2.24, 2.45) is 0 Å². The molecule has 0 atom stereocenters. The topological polar surface area (TPSA) is 105 Å². The lowest BCUT2D eigenvalue weighted by molar-refractivity contribution is -0.136. The number of aliphatic hydroxyl groups excluding tert-OH is 1. The SMILES string of the molecule is COC(=O)C1=C(Nc2c(Br)cc(Br)cc2C(=O)OC)C(=O)N(CCO)C1. The van der Waals surface area contributed by atoms with E-state index in [4.69, 9.17) is 14.6 Å². The number of rotatable bonds is 6. The lowest BCUT2D eigenvalue weighted by Crippen LogP contribution is -2.31. The number of hydrogen-bond acceptors (Lipinski definition) is 7. The number of halogens is 2. The smallest absolute Gasteiger partial charge is 0.340 e. The Morgan fingerprint density at radius 2 is 1.88 bits per heavy atom. The van der Waals surface area contributed by atoms with Gasteiger partial charge in [0.1, 0.15) is 5.70 Å². The van der Waals surface area contributed by atoms with Gasteiger partial charge in [0.2, 0.25) is 0 Å². The number of benzene rings is 1. The van der Waals surface area contributed by atoms with Crippen LogP contribution in [0, 0.1) is 0 Å². The minimum atomic E-state index is -0.672. The summed E-state index contributed by atoms with van der Waals surface area (Å²) in [4.78, 5) is 38.1. The predicted molar refractivity (Wildman–Crippen MR) is 99.5 cm³/mol. The van der Waals surface area contributed by atoms with Crippen LogP contribution in [0.5, 0.6) is 0 Å². The predicted octanol–water partition coefficient (Wildman–Crippen LogP) is 1.67. The molecule has 1 aliphatic rings. The minimum Gasteiger partial charge on any atom is -0.466 e. The largest absolute Gasteiger partial charge is 0.466 e. The third-order valence-corrected chi connectivity index (χ3v) is 4.75. The van der Waals surface area contributed by atoms with Crippen molar-refractivity contribution in [1.82, 2.24) is 4.90 Å². The lowest BCUT2D eigenvalue weighted by atomic mass is 10.1. The molecule has 1 aromatic carbocycles. The Labute approximate surface area is 166 Å². The fourth-order valence-electron chi connectivity index (χ4n) is 2.45. The van der Waals surface area contributed by atoms with Crippen molar-refractivity contribution in [2.75, 3.05) is 39.2 Å². The summed E-state index contributed by atoms with van der Waals surface area (Å²) < 4.78 is 10.6. The zero-order valence-corrected chi connectivity index (χ0v) is 17.1. The Morgan fingerprint density at radius 1 is 1.23 bits per heavy atom. The van der Waals surface area contributed by atoms with Gasteiger partial charge in [-0.05, 0) is 28.1 Å². The highest BCUT2D eigenvalue weighted by atomic mass is 79.9. The van der Waals surface area contributed by atoms with Gasteiger partial charge in [-0.1, -0.05) is 15.9 Å². The number of methoxy groups -OCH3 is 2. The van der Waals surface area contributed by atoms with Crippen LogP contribution in [0.2, 0.25) is 0 Å². The molecule has 2 N–H and O–H groups in total. The zero-order chi connectivity index (χ0) is 19.4. The molecular weight excluding hydrogens is 476 g/mol. The first-order chi connectivity index (χ1) is 12.3. The van der Waals surface area contributed by atoms with Gasteiger partial charge in [-0.15, -0.1) is 0 Å². The number of esters is 2. The van der Waals surface area contributed by atoms with Gasteiger partial charge < -0.3 is 24.8 Å². The number of carbonyl (C=O) groups excluding carboxylic acids is 3. The molecule has 1 aliphatic heterocycles. The Bertz CT molecular complexity index is 793. The highest BCUT2D eigenvalue weighted by Crippen LogP contribution is 2.34. The maximum absolute atomic E-state index is 12.6. The van der Waals surface area contributed by atoms with Gasteiger partial charge in [0, 0.05) is 15.5 Å². The number of carbonyl (C=O) groups is 3. The van der Waals surface area contributed by atoms with Gasteiger partial charge in [0.15, 0.2) is 0 Å². The van der Waals surface area contributed by atoms with Gasteiger partial charge in [-0.25, -0.2) is 9.59 Å².